The van der Waals surface area contributed by atoms with Gasteiger partial charge in [0.15, 0.2) is 0 Å². The Kier molecular flexibility index (Phi) is 3.89. The molecule has 1 aliphatic carbocycles. The summed E-state index contributed by atoms with van der Waals surface area (Å²) in [5, 5.41) is 11.5. The van der Waals surface area contributed by atoms with Crippen LogP contribution >= 0.6 is 0 Å². The first kappa shape index (κ1) is 15.3. The van der Waals surface area contributed by atoms with Gasteiger partial charge in [0.2, 0.25) is 0 Å². The van der Waals surface area contributed by atoms with Crippen molar-refractivity contribution in [3.8, 4) is 0 Å². The lowest BCUT2D eigenvalue weighted by molar-refractivity contribution is -0.153. The molecule has 1 amide bonds. The zero-order valence-electron chi connectivity index (χ0n) is 10.9. The molecule has 2 N–H and O–H groups in total. The molecule has 0 aliphatic heterocycles. The van der Waals surface area contributed by atoms with Crippen molar-refractivity contribution in [3.05, 3.63) is 29.6 Å². The second-order valence-electron chi connectivity index (χ2n) is 5.05. The predicted molar refractivity (Wildman–Crippen MR) is 65.5 cm³/mol. The lowest BCUT2D eigenvalue weighted by Gasteiger charge is -2.37. The van der Waals surface area contributed by atoms with E-state index >= 15 is 0 Å². The third-order valence-corrected chi connectivity index (χ3v) is 3.68. The molecule has 0 bridgehead atoms. The second kappa shape index (κ2) is 5.34. The molecule has 1 aromatic rings. The van der Waals surface area contributed by atoms with E-state index in [0.717, 1.165) is 18.6 Å². The maximum atomic E-state index is 12.4. The van der Waals surface area contributed by atoms with Crippen LogP contribution in [0.1, 0.15) is 35.3 Å². The molecule has 0 aromatic carbocycles. The van der Waals surface area contributed by atoms with Crippen molar-refractivity contribution in [2.75, 3.05) is 6.54 Å². The summed E-state index contributed by atoms with van der Waals surface area (Å²) in [6, 6.07) is 1.73. The number of rotatable bonds is 4. The maximum Gasteiger partial charge on any atom is 0.417 e. The van der Waals surface area contributed by atoms with Crippen LogP contribution in [0.3, 0.4) is 0 Å². The Morgan fingerprint density at radius 2 is 2.00 bits per heavy atom. The molecular weight excluding hydrogens is 289 g/mol. The Balaban J connectivity index is 1.99. The standard InChI is InChI=1S/C13H13F3N2O3/c14-13(15,16)8-2-3-9(17-6-8)10(19)18-7-12(11(20)21)4-1-5-12/h2-3,6H,1,4-5,7H2,(H,18,19)(H,20,21). The highest BCUT2D eigenvalue weighted by molar-refractivity contribution is 5.92. The van der Waals surface area contributed by atoms with Gasteiger partial charge < -0.3 is 10.4 Å². The predicted octanol–water partition coefficient (Wildman–Crippen LogP) is 2.09. The van der Waals surface area contributed by atoms with E-state index in [1.165, 1.54) is 0 Å². The van der Waals surface area contributed by atoms with E-state index in [9.17, 15) is 22.8 Å². The summed E-state index contributed by atoms with van der Waals surface area (Å²) in [7, 11) is 0. The van der Waals surface area contributed by atoms with Gasteiger partial charge in [-0.15, -0.1) is 0 Å². The van der Waals surface area contributed by atoms with Gasteiger partial charge in [0, 0.05) is 12.7 Å². The van der Waals surface area contributed by atoms with E-state index in [4.69, 9.17) is 5.11 Å². The number of aliphatic carboxylic acids is 1. The van der Waals surface area contributed by atoms with Crippen LogP contribution in [0.4, 0.5) is 13.2 Å². The van der Waals surface area contributed by atoms with Crippen LogP contribution < -0.4 is 5.32 Å². The quantitative estimate of drug-likeness (QED) is 0.892. The lowest BCUT2D eigenvalue weighted by Crippen LogP contribution is -2.47. The molecule has 2 rings (SSSR count). The monoisotopic (exact) mass is 302 g/mol. The van der Waals surface area contributed by atoms with Crippen LogP contribution in [0.5, 0.6) is 0 Å². The maximum absolute atomic E-state index is 12.4. The molecule has 114 valence electrons. The van der Waals surface area contributed by atoms with Crippen molar-refractivity contribution in [2.24, 2.45) is 5.41 Å². The van der Waals surface area contributed by atoms with Gasteiger partial charge in [-0.3, -0.25) is 14.6 Å². The Hall–Kier alpha value is -2.12. The van der Waals surface area contributed by atoms with Gasteiger partial charge >= 0.3 is 12.1 Å². The minimum Gasteiger partial charge on any atom is -0.481 e. The zero-order valence-corrected chi connectivity index (χ0v) is 10.9. The highest BCUT2D eigenvalue weighted by Crippen LogP contribution is 2.40. The molecule has 1 saturated carbocycles. The molecule has 1 heterocycles. The van der Waals surface area contributed by atoms with E-state index in [-0.39, 0.29) is 12.2 Å². The largest absolute Gasteiger partial charge is 0.481 e. The van der Waals surface area contributed by atoms with Gasteiger partial charge in [0.25, 0.3) is 5.91 Å². The second-order valence-corrected chi connectivity index (χ2v) is 5.05. The molecule has 0 spiro atoms. The number of carboxylic acids is 1. The average Bonchev–Trinajstić information content (AvgIpc) is 2.36. The Morgan fingerprint density at radius 3 is 2.38 bits per heavy atom. The van der Waals surface area contributed by atoms with Crippen molar-refractivity contribution in [1.82, 2.24) is 10.3 Å². The van der Waals surface area contributed by atoms with Crippen LogP contribution in [0.25, 0.3) is 0 Å². The van der Waals surface area contributed by atoms with Gasteiger partial charge in [0.05, 0.1) is 11.0 Å². The van der Waals surface area contributed by atoms with Crippen molar-refractivity contribution < 1.29 is 27.9 Å². The van der Waals surface area contributed by atoms with Crippen molar-refractivity contribution >= 4 is 11.9 Å². The fraction of sp³-hybridized carbons (Fsp3) is 0.462. The van der Waals surface area contributed by atoms with E-state index in [1.54, 1.807) is 0 Å². The summed E-state index contributed by atoms with van der Waals surface area (Å²) < 4.78 is 37.1. The summed E-state index contributed by atoms with van der Waals surface area (Å²) in [4.78, 5) is 26.3. The Morgan fingerprint density at radius 1 is 1.33 bits per heavy atom. The summed E-state index contributed by atoms with van der Waals surface area (Å²) >= 11 is 0. The van der Waals surface area contributed by atoms with Crippen LogP contribution in [0.2, 0.25) is 0 Å². The number of carbonyl (C=O) groups excluding carboxylic acids is 1. The van der Waals surface area contributed by atoms with Crippen LogP contribution in [-0.4, -0.2) is 28.5 Å². The number of nitrogens with zero attached hydrogens (tertiary/aromatic N) is 1. The first-order valence-corrected chi connectivity index (χ1v) is 6.29. The summed E-state index contributed by atoms with van der Waals surface area (Å²) in [5.74, 6) is -1.66. The lowest BCUT2D eigenvalue weighted by atomic mass is 9.69. The SMILES string of the molecule is O=C(NCC1(C(=O)O)CCC1)c1ccc(C(F)(F)F)cn1. The number of carboxylic acid groups (broad SMARTS) is 1. The Labute approximate surface area is 118 Å². The van der Waals surface area contributed by atoms with Crippen LogP contribution in [-0.2, 0) is 11.0 Å². The van der Waals surface area contributed by atoms with E-state index in [1.807, 2.05) is 0 Å². The summed E-state index contributed by atoms with van der Waals surface area (Å²) in [5.41, 5.74) is -2.08. The fourth-order valence-corrected chi connectivity index (χ4v) is 2.11. The van der Waals surface area contributed by atoms with Gasteiger partial charge in [-0.2, -0.15) is 13.2 Å². The van der Waals surface area contributed by atoms with E-state index in [0.29, 0.717) is 19.0 Å². The van der Waals surface area contributed by atoms with Crippen molar-refractivity contribution in [2.45, 2.75) is 25.4 Å². The smallest absolute Gasteiger partial charge is 0.417 e. The van der Waals surface area contributed by atoms with Crippen molar-refractivity contribution in [3.63, 3.8) is 0 Å². The number of hydrogen-bond donors (Lipinski definition) is 2. The summed E-state index contributed by atoms with van der Waals surface area (Å²) in [6.45, 7) is -0.0517. The first-order valence-electron chi connectivity index (χ1n) is 6.29. The van der Waals surface area contributed by atoms with E-state index in [2.05, 4.69) is 10.3 Å². The number of nitrogens with one attached hydrogen (secondary N) is 1. The number of halogens is 3. The summed E-state index contributed by atoms with van der Waals surface area (Å²) in [6.07, 6.45) is -2.21. The van der Waals surface area contributed by atoms with Crippen LogP contribution in [0, 0.1) is 5.41 Å². The van der Waals surface area contributed by atoms with Crippen LogP contribution in [0.15, 0.2) is 18.3 Å². The number of carbonyl (C=O) groups is 2. The van der Waals surface area contributed by atoms with E-state index < -0.39 is 29.0 Å². The number of hydrogen-bond acceptors (Lipinski definition) is 3. The molecule has 0 unspecified atom stereocenters. The van der Waals surface area contributed by atoms with Gasteiger partial charge in [-0.1, -0.05) is 6.42 Å². The molecule has 1 aliphatic rings. The first-order chi connectivity index (χ1) is 9.74. The average molecular weight is 302 g/mol. The number of alkyl halides is 3. The zero-order chi connectivity index (χ0) is 15.7. The molecule has 0 saturated heterocycles. The highest BCUT2D eigenvalue weighted by Gasteiger charge is 2.44. The molecule has 8 heteroatoms. The normalized spacial score (nSPS) is 16.9. The number of amides is 1. The molecule has 1 fully saturated rings. The molecular formula is C13H13F3N2O3. The number of pyridine rings is 1. The van der Waals surface area contributed by atoms with Gasteiger partial charge in [-0.05, 0) is 25.0 Å². The molecule has 0 atom stereocenters. The van der Waals surface area contributed by atoms with Gasteiger partial charge in [-0.25, -0.2) is 0 Å². The fourth-order valence-electron chi connectivity index (χ4n) is 2.11. The molecule has 21 heavy (non-hydrogen) atoms. The molecule has 0 radical (unpaired) electrons. The third-order valence-electron chi connectivity index (χ3n) is 3.68. The molecule has 5 nitrogen and oxygen atoms in total. The van der Waals surface area contributed by atoms with Crippen molar-refractivity contribution in [1.29, 1.82) is 0 Å². The molecule has 1 aromatic heterocycles. The topological polar surface area (TPSA) is 79.3 Å². The van der Waals surface area contributed by atoms with Gasteiger partial charge in [0.1, 0.15) is 5.69 Å². The highest BCUT2D eigenvalue weighted by atomic mass is 19.4. The Bertz CT molecular complexity index is 551. The minimum absolute atomic E-state index is 0.0517. The number of aromatic nitrogens is 1. The third kappa shape index (κ3) is 3.14. The minimum atomic E-state index is -4.51.